The van der Waals surface area contributed by atoms with Crippen molar-refractivity contribution >= 4 is 19.7 Å². The molecule has 18 heavy (non-hydrogen) atoms. The second kappa shape index (κ2) is 5.38. The SMILES string of the molecule is CS(=O)(=O)c1ccc(S(=O)(=O)CCN=[N+]=[N-])cc1. The van der Waals surface area contributed by atoms with Gasteiger partial charge >= 0.3 is 0 Å². The number of sulfone groups is 2. The van der Waals surface area contributed by atoms with Gasteiger partial charge in [-0.05, 0) is 29.8 Å². The van der Waals surface area contributed by atoms with E-state index in [1.165, 1.54) is 24.3 Å². The van der Waals surface area contributed by atoms with Crippen LogP contribution in [0.25, 0.3) is 10.4 Å². The average molecular weight is 289 g/mol. The predicted octanol–water partition coefficient (Wildman–Crippen LogP) is 1.17. The molecule has 0 aliphatic rings. The molecule has 1 aromatic carbocycles. The molecule has 0 N–H and O–H groups in total. The molecule has 0 fully saturated rings. The van der Waals surface area contributed by atoms with Crippen molar-refractivity contribution in [1.82, 2.24) is 0 Å². The standard InChI is InChI=1S/C9H11N3O4S2/c1-17(13,14)8-2-4-9(5-3-8)18(15,16)7-6-11-12-10/h2-5H,6-7H2,1H3. The van der Waals surface area contributed by atoms with Crippen LogP contribution < -0.4 is 0 Å². The number of nitrogens with zero attached hydrogens (tertiary/aromatic N) is 3. The highest BCUT2D eigenvalue weighted by molar-refractivity contribution is 7.91. The van der Waals surface area contributed by atoms with Gasteiger partial charge in [0.15, 0.2) is 19.7 Å². The Morgan fingerprint density at radius 2 is 1.61 bits per heavy atom. The molecule has 0 bridgehead atoms. The molecule has 9 heteroatoms. The van der Waals surface area contributed by atoms with Crippen LogP contribution in [-0.2, 0) is 19.7 Å². The van der Waals surface area contributed by atoms with Crippen LogP contribution in [0.15, 0.2) is 39.2 Å². The Kier molecular flexibility index (Phi) is 4.33. The molecule has 0 aromatic heterocycles. The van der Waals surface area contributed by atoms with Gasteiger partial charge in [0.05, 0.1) is 15.5 Å². The van der Waals surface area contributed by atoms with Crippen molar-refractivity contribution in [2.75, 3.05) is 18.6 Å². The molecule has 1 rings (SSSR count). The minimum Gasteiger partial charge on any atom is -0.224 e. The van der Waals surface area contributed by atoms with Crippen LogP contribution in [0.1, 0.15) is 0 Å². The summed E-state index contributed by atoms with van der Waals surface area (Å²) in [7, 11) is -6.90. The van der Waals surface area contributed by atoms with E-state index in [1.54, 1.807) is 0 Å². The van der Waals surface area contributed by atoms with Gasteiger partial charge in [-0.1, -0.05) is 5.11 Å². The van der Waals surface area contributed by atoms with E-state index in [9.17, 15) is 16.8 Å². The first-order chi connectivity index (χ1) is 8.27. The zero-order valence-corrected chi connectivity index (χ0v) is 11.1. The first-order valence-electron chi connectivity index (χ1n) is 4.81. The molecule has 0 saturated carbocycles. The van der Waals surface area contributed by atoms with Crippen LogP contribution in [0.4, 0.5) is 0 Å². The molecule has 0 heterocycles. The minimum absolute atomic E-state index is 0.00281. The summed E-state index contributed by atoms with van der Waals surface area (Å²) in [5.41, 5.74) is 8.06. The van der Waals surface area contributed by atoms with Crippen LogP contribution in [0, 0.1) is 0 Å². The van der Waals surface area contributed by atoms with Crippen molar-refractivity contribution in [3.05, 3.63) is 34.7 Å². The Morgan fingerprint density at radius 1 is 1.11 bits per heavy atom. The van der Waals surface area contributed by atoms with Gasteiger partial charge in [0, 0.05) is 17.7 Å². The molecule has 0 aliphatic carbocycles. The van der Waals surface area contributed by atoms with Crippen molar-refractivity contribution in [3.63, 3.8) is 0 Å². The maximum Gasteiger partial charge on any atom is 0.178 e. The van der Waals surface area contributed by atoms with Crippen molar-refractivity contribution < 1.29 is 16.8 Å². The lowest BCUT2D eigenvalue weighted by atomic mass is 10.4. The van der Waals surface area contributed by atoms with Crippen LogP contribution >= 0.6 is 0 Å². The summed E-state index contributed by atoms with van der Waals surface area (Å²) in [5, 5.41) is 3.14. The number of azide groups is 1. The zero-order chi connectivity index (χ0) is 13.8. The monoisotopic (exact) mass is 289 g/mol. The van der Waals surface area contributed by atoms with Gasteiger partial charge in [-0.2, -0.15) is 0 Å². The second-order valence-corrected chi connectivity index (χ2v) is 7.64. The fraction of sp³-hybridized carbons (Fsp3) is 0.333. The van der Waals surface area contributed by atoms with Crippen LogP contribution in [-0.4, -0.2) is 35.4 Å². The highest BCUT2D eigenvalue weighted by Crippen LogP contribution is 2.15. The Hall–Kier alpha value is -1.57. The molecule has 98 valence electrons. The molecule has 7 nitrogen and oxygen atoms in total. The average Bonchev–Trinajstić information content (AvgIpc) is 2.28. The fourth-order valence-electron chi connectivity index (χ4n) is 1.22. The van der Waals surface area contributed by atoms with Gasteiger partial charge in [-0.15, -0.1) is 0 Å². The first kappa shape index (κ1) is 14.5. The summed E-state index contributed by atoms with van der Waals surface area (Å²) in [4.78, 5) is 2.52. The molecule has 0 saturated heterocycles. The molecule has 0 unspecified atom stereocenters. The molecular weight excluding hydrogens is 278 g/mol. The summed E-state index contributed by atoms with van der Waals surface area (Å²) in [6.45, 7) is -0.160. The van der Waals surface area contributed by atoms with Gasteiger partial charge in [-0.25, -0.2) is 16.8 Å². The summed E-state index contributed by atoms with van der Waals surface area (Å²) in [6.07, 6.45) is 1.04. The maximum absolute atomic E-state index is 11.7. The van der Waals surface area contributed by atoms with Crippen molar-refractivity contribution in [2.24, 2.45) is 5.11 Å². The van der Waals surface area contributed by atoms with E-state index in [1.807, 2.05) is 0 Å². The van der Waals surface area contributed by atoms with Gasteiger partial charge in [0.25, 0.3) is 0 Å². The Labute approximate surface area is 105 Å². The van der Waals surface area contributed by atoms with E-state index >= 15 is 0 Å². The topological polar surface area (TPSA) is 117 Å². The first-order valence-corrected chi connectivity index (χ1v) is 8.35. The lowest BCUT2D eigenvalue weighted by Gasteiger charge is -2.03. The van der Waals surface area contributed by atoms with E-state index in [0.717, 1.165) is 6.26 Å². The van der Waals surface area contributed by atoms with E-state index in [2.05, 4.69) is 10.0 Å². The predicted molar refractivity (Wildman–Crippen MR) is 65.6 cm³/mol. The second-order valence-electron chi connectivity index (χ2n) is 3.52. The highest BCUT2D eigenvalue weighted by Gasteiger charge is 2.15. The lowest BCUT2D eigenvalue weighted by Crippen LogP contribution is -2.09. The van der Waals surface area contributed by atoms with Gasteiger partial charge in [0.2, 0.25) is 0 Å². The molecule has 1 aromatic rings. The van der Waals surface area contributed by atoms with Crippen LogP contribution in [0.5, 0.6) is 0 Å². The van der Waals surface area contributed by atoms with Crippen LogP contribution in [0.2, 0.25) is 0 Å². The Balaban J connectivity index is 3.01. The molecule has 0 amide bonds. The third kappa shape index (κ3) is 3.73. The van der Waals surface area contributed by atoms with E-state index in [0.29, 0.717) is 0 Å². The van der Waals surface area contributed by atoms with Crippen LogP contribution in [0.3, 0.4) is 0 Å². The summed E-state index contributed by atoms with van der Waals surface area (Å²) in [5.74, 6) is -0.310. The number of hydrogen-bond donors (Lipinski definition) is 0. The van der Waals surface area contributed by atoms with E-state index in [-0.39, 0.29) is 22.1 Å². The molecule has 0 radical (unpaired) electrons. The Bertz CT molecular complexity index is 671. The summed E-state index contributed by atoms with van der Waals surface area (Å²) in [6, 6.07) is 4.91. The number of benzene rings is 1. The third-order valence-corrected chi connectivity index (χ3v) is 4.97. The molecular formula is C9H11N3O4S2. The summed E-state index contributed by atoms with van der Waals surface area (Å²) < 4.78 is 45.9. The van der Waals surface area contributed by atoms with Crippen molar-refractivity contribution in [3.8, 4) is 0 Å². The minimum atomic E-state index is -3.55. The molecule has 0 atom stereocenters. The summed E-state index contributed by atoms with van der Waals surface area (Å²) >= 11 is 0. The van der Waals surface area contributed by atoms with Crippen molar-refractivity contribution in [2.45, 2.75) is 9.79 Å². The maximum atomic E-state index is 11.7. The van der Waals surface area contributed by atoms with Crippen molar-refractivity contribution in [1.29, 1.82) is 0 Å². The normalized spacial score (nSPS) is 11.8. The van der Waals surface area contributed by atoms with E-state index in [4.69, 9.17) is 5.53 Å². The Morgan fingerprint density at radius 3 is 2.06 bits per heavy atom. The number of hydrogen-bond acceptors (Lipinski definition) is 5. The number of rotatable bonds is 5. The van der Waals surface area contributed by atoms with Gasteiger partial charge in [-0.3, -0.25) is 0 Å². The van der Waals surface area contributed by atoms with Gasteiger partial charge < -0.3 is 0 Å². The highest BCUT2D eigenvalue weighted by atomic mass is 32.2. The smallest absolute Gasteiger partial charge is 0.178 e. The molecule has 0 spiro atoms. The van der Waals surface area contributed by atoms with E-state index < -0.39 is 19.7 Å². The zero-order valence-electron chi connectivity index (χ0n) is 9.51. The third-order valence-electron chi connectivity index (χ3n) is 2.13. The largest absolute Gasteiger partial charge is 0.224 e. The fourth-order valence-corrected chi connectivity index (χ4v) is 2.96. The molecule has 0 aliphatic heterocycles. The lowest BCUT2D eigenvalue weighted by molar-refractivity contribution is 0.594. The van der Waals surface area contributed by atoms with Gasteiger partial charge in [0.1, 0.15) is 0 Å². The quantitative estimate of drug-likeness (QED) is 0.459.